The molecule has 1 N–H and O–H groups in total. The molecule has 2 aliphatic rings. The van der Waals surface area contributed by atoms with Crippen LogP contribution in [0, 0.1) is 0 Å². The van der Waals surface area contributed by atoms with Gasteiger partial charge >= 0.3 is 0 Å². The van der Waals surface area contributed by atoms with Gasteiger partial charge in [0.15, 0.2) is 11.5 Å². The summed E-state index contributed by atoms with van der Waals surface area (Å²) < 4.78 is 11.0. The first-order valence-electron chi connectivity index (χ1n) is 9.78. The van der Waals surface area contributed by atoms with Gasteiger partial charge in [-0.3, -0.25) is 4.79 Å². The number of amides is 1. The largest absolute Gasteiger partial charge is 0.486 e. The molecule has 0 bridgehead atoms. The number of pyridine rings is 1. The SMILES string of the molecule is O=C(NCc1ccnc(N2CCCCCC2)c1)c1cc(Cl)c2c(c1)OCCO2. The highest BCUT2D eigenvalue weighted by Gasteiger charge is 2.19. The van der Waals surface area contributed by atoms with Gasteiger partial charge in [0.25, 0.3) is 5.91 Å². The predicted octanol–water partition coefficient (Wildman–Crippen LogP) is 3.82. The van der Waals surface area contributed by atoms with E-state index in [1.54, 1.807) is 12.1 Å². The van der Waals surface area contributed by atoms with Gasteiger partial charge in [0.1, 0.15) is 19.0 Å². The summed E-state index contributed by atoms with van der Waals surface area (Å²) in [5.74, 6) is 1.79. The van der Waals surface area contributed by atoms with Crippen LogP contribution in [-0.4, -0.2) is 37.2 Å². The van der Waals surface area contributed by atoms with Crippen molar-refractivity contribution in [2.24, 2.45) is 0 Å². The lowest BCUT2D eigenvalue weighted by atomic mass is 10.1. The molecule has 0 radical (unpaired) electrons. The third-order valence-electron chi connectivity index (χ3n) is 5.05. The van der Waals surface area contributed by atoms with Crippen LogP contribution in [0.1, 0.15) is 41.6 Å². The molecule has 7 heteroatoms. The number of ether oxygens (including phenoxy) is 2. The Hall–Kier alpha value is -2.47. The standard InChI is InChI=1S/C21H24ClN3O3/c22-17-12-16(13-18-20(17)28-10-9-27-18)21(26)24-14-15-5-6-23-19(11-15)25-7-3-1-2-4-8-25/h5-6,11-13H,1-4,7-10,14H2,(H,24,26). The van der Waals surface area contributed by atoms with E-state index in [1.807, 2.05) is 12.3 Å². The Morgan fingerprint density at radius 2 is 1.89 bits per heavy atom. The van der Waals surface area contributed by atoms with Gasteiger partial charge in [0.2, 0.25) is 0 Å². The highest BCUT2D eigenvalue weighted by molar-refractivity contribution is 6.32. The molecule has 4 rings (SSSR count). The van der Waals surface area contributed by atoms with E-state index in [2.05, 4.69) is 21.3 Å². The number of nitrogens with zero attached hydrogens (tertiary/aromatic N) is 2. The summed E-state index contributed by atoms with van der Waals surface area (Å²) in [5, 5.41) is 3.34. The highest BCUT2D eigenvalue weighted by atomic mass is 35.5. The van der Waals surface area contributed by atoms with Crippen molar-refractivity contribution in [3.63, 3.8) is 0 Å². The van der Waals surface area contributed by atoms with Gasteiger partial charge in [-0.25, -0.2) is 4.98 Å². The van der Waals surface area contributed by atoms with E-state index in [9.17, 15) is 4.79 Å². The number of nitrogens with one attached hydrogen (secondary N) is 1. The van der Waals surface area contributed by atoms with Gasteiger partial charge < -0.3 is 19.7 Å². The fourth-order valence-corrected chi connectivity index (χ4v) is 3.83. The van der Waals surface area contributed by atoms with Crippen molar-refractivity contribution < 1.29 is 14.3 Å². The average molecular weight is 402 g/mol. The second kappa shape index (κ2) is 8.69. The quantitative estimate of drug-likeness (QED) is 0.843. The molecule has 2 aliphatic heterocycles. The summed E-state index contributed by atoms with van der Waals surface area (Å²) in [4.78, 5) is 19.4. The van der Waals surface area contributed by atoms with Crippen molar-refractivity contribution in [3.05, 3.63) is 46.6 Å². The van der Waals surface area contributed by atoms with Crippen LogP contribution in [0.25, 0.3) is 0 Å². The molecular formula is C21H24ClN3O3. The zero-order valence-electron chi connectivity index (χ0n) is 15.7. The van der Waals surface area contributed by atoms with Crippen LogP contribution < -0.4 is 19.7 Å². The van der Waals surface area contributed by atoms with Crippen LogP contribution in [0.5, 0.6) is 11.5 Å². The Bertz CT molecular complexity index is 851. The monoisotopic (exact) mass is 401 g/mol. The fraction of sp³-hybridized carbons (Fsp3) is 0.429. The van der Waals surface area contributed by atoms with Crippen molar-refractivity contribution in [2.45, 2.75) is 32.2 Å². The first-order valence-corrected chi connectivity index (χ1v) is 10.2. The van der Waals surface area contributed by atoms with Crippen molar-refractivity contribution in [1.29, 1.82) is 0 Å². The van der Waals surface area contributed by atoms with Crippen LogP contribution in [0.2, 0.25) is 5.02 Å². The number of hydrogen-bond donors (Lipinski definition) is 1. The minimum atomic E-state index is -0.202. The zero-order valence-corrected chi connectivity index (χ0v) is 16.5. The third kappa shape index (κ3) is 4.33. The number of benzene rings is 1. The fourth-order valence-electron chi connectivity index (χ4n) is 3.57. The van der Waals surface area contributed by atoms with Gasteiger partial charge in [-0.1, -0.05) is 24.4 Å². The second-order valence-electron chi connectivity index (χ2n) is 7.09. The first kappa shape index (κ1) is 18.9. The smallest absolute Gasteiger partial charge is 0.251 e. The summed E-state index contributed by atoms with van der Waals surface area (Å²) in [6.07, 6.45) is 6.78. The molecule has 2 aromatic rings. The topological polar surface area (TPSA) is 63.7 Å². The molecule has 0 atom stereocenters. The molecule has 1 fully saturated rings. The summed E-state index contributed by atoms with van der Waals surface area (Å²) in [6, 6.07) is 7.27. The van der Waals surface area contributed by atoms with Crippen molar-refractivity contribution in [3.8, 4) is 11.5 Å². The molecule has 0 spiro atoms. The average Bonchev–Trinajstić information content (AvgIpc) is 3.02. The maximum absolute atomic E-state index is 12.6. The summed E-state index contributed by atoms with van der Waals surface area (Å²) in [6.45, 7) is 3.41. The van der Waals surface area contributed by atoms with E-state index in [4.69, 9.17) is 21.1 Å². The van der Waals surface area contributed by atoms with Gasteiger partial charge in [-0.15, -0.1) is 0 Å². The highest BCUT2D eigenvalue weighted by Crippen LogP contribution is 2.38. The molecule has 0 aliphatic carbocycles. The summed E-state index contributed by atoms with van der Waals surface area (Å²) in [5.41, 5.74) is 1.47. The van der Waals surface area contributed by atoms with Crippen molar-refractivity contribution >= 4 is 23.3 Å². The molecule has 148 valence electrons. The number of halogens is 1. The van der Waals surface area contributed by atoms with Crippen LogP contribution in [0.3, 0.4) is 0 Å². The Morgan fingerprint density at radius 1 is 1.11 bits per heavy atom. The molecule has 3 heterocycles. The maximum atomic E-state index is 12.6. The first-order chi connectivity index (χ1) is 13.7. The van der Waals surface area contributed by atoms with E-state index in [1.165, 1.54) is 25.7 Å². The van der Waals surface area contributed by atoms with Crippen LogP contribution in [0.15, 0.2) is 30.5 Å². The van der Waals surface area contributed by atoms with E-state index >= 15 is 0 Å². The Balaban J connectivity index is 1.42. The molecule has 0 unspecified atom stereocenters. The number of carbonyl (C=O) groups is 1. The minimum absolute atomic E-state index is 0.202. The Morgan fingerprint density at radius 3 is 2.71 bits per heavy atom. The number of hydrogen-bond acceptors (Lipinski definition) is 5. The van der Waals surface area contributed by atoms with Crippen LogP contribution >= 0.6 is 11.6 Å². The van der Waals surface area contributed by atoms with Crippen molar-refractivity contribution in [2.75, 3.05) is 31.2 Å². The lowest BCUT2D eigenvalue weighted by molar-refractivity contribution is 0.0949. The second-order valence-corrected chi connectivity index (χ2v) is 7.50. The molecule has 28 heavy (non-hydrogen) atoms. The van der Waals surface area contributed by atoms with Crippen LogP contribution in [0.4, 0.5) is 5.82 Å². The lowest BCUT2D eigenvalue weighted by Gasteiger charge is -2.22. The number of carbonyl (C=O) groups excluding carboxylic acids is 1. The van der Waals surface area contributed by atoms with Gasteiger partial charge in [0, 0.05) is 31.4 Å². The molecule has 1 amide bonds. The Labute approximate surface area is 169 Å². The molecule has 1 saturated heterocycles. The molecule has 6 nitrogen and oxygen atoms in total. The number of anilines is 1. The summed E-state index contributed by atoms with van der Waals surface area (Å²) >= 11 is 6.23. The van der Waals surface area contributed by atoms with Crippen LogP contribution in [-0.2, 0) is 6.54 Å². The molecule has 1 aromatic carbocycles. The minimum Gasteiger partial charge on any atom is -0.486 e. The van der Waals surface area contributed by atoms with E-state index in [-0.39, 0.29) is 5.91 Å². The number of fused-ring (bicyclic) bond motifs is 1. The van der Waals surface area contributed by atoms with E-state index in [0.29, 0.717) is 41.8 Å². The third-order valence-corrected chi connectivity index (χ3v) is 5.33. The van der Waals surface area contributed by atoms with E-state index < -0.39 is 0 Å². The zero-order chi connectivity index (χ0) is 19.3. The van der Waals surface area contributed by atoms with Gasteiger partial charge in [-0.05, 0) is 42.7 Å². The molecular weight excluding hydrogens is 378 g/mol. The van der Waals surface area contributed by atoms with Crippen molar-refractivity contribution in [1.82, 2.24) is 10.3 Å². The Kier molecular flexibility index (Phi) is 5.86. The lowest BCUT2D eigenvalue weighted by Crippen LogP contribution is -2.26. The number of aromatic nitrogens is 1. The van der Waals surface area contributed by atoms with E-state index in [0.717, 1.165) is 24.5 Å². The molecule has 0 saturated carbocycles. The normalized spacial score (nSPS) is 16.4. The van der Waals surface area contributed by atoms with Gasteiger partial charge in [0.05, 0.1) is 5.02 Å². The van der Waals surface area contributed by atoms with Gasteiger partial charge in [-0.2, -0.15) is 0 Å². The predicted molar refractivity (Wildman–Crippen MR) is 109 cm³/mol. The molecule has 1 aromatic heterocycles. The number of rotatable bonds is 4. The maximum Gasteiger partial charge on any atom is 0.251 e. The summed E-state index contributed by atoms with van der Waals surface area (Å²) in [7, 11) is 0.